The van der Waals surface area contributed by atoms with Gasteiger partial charge in [0.05, 0.1) is 25.0 Å². The zero-order valence-corrected chi connectivity index (χ0v) is 19.2. The number of nitrogens with two attached hydrogens (primary N) is 1. The minimum Gasteiger partial charge on any atom is -0.465 e. The topological polar surface area (TPSA) is 122 Å². The van der Waals surface area contributed by atoms with Crippen LogP contribution in [0.25, 0.3) is 11.1 Å². The predicted octanol–water partition coefficient (Wildman–Crippen LogP) is 3.84. The van der Waals surface area contributed by atoms with Crippen LogP contribution >= 0.6 is 0 Å². The van der Waals surface area contributed by atoms with Gasteiger partial charge in [-0.25, -0.2) is 0 Å². The number of carbonyl (C=O) groups is 3. The van der Waals surface area contributed by atoms with Gasteiger partial charge in [-0.1, -0.05) is 67.8 Å². The van der Waals surface area contributed by atoms with Crippen LogP contribution in [0.15, 0.2) is 48.5 Å². The molecule has 2 fully saturated rings. The van der Waals surface area contributed by atoms with E-state index in [1.54, 1.807) is 24.3 Å². The third kappa shape index (κ3) is 5.71. The molecule has 0 aromatic heterocycles. The van der Waals surface area contributed by atoms with E-state index >= 15 is 0 Å². The molecule has 34 heavy (non-hydrogen) atoms. The van der Waals surface area contributed by atoms with Crippen LogP contribution in [-0.4, -0.2) is 36.1 Å². The van der Waals surface area contributed by atoms with Gasteiger partial charge < -0.3 is 15.8 Å². The maximum atomic E-state index is 13.0. The first-order valence-electron chi connectivity index (χ1n) is 12.0. The SMILES string of the molecule is N=C(N)c1ccc(-c2ccc(C(=O)[C@@H]3C[C@@H](CC(=O)OCC4CCCCC4)C(=O)N3)cc2)cc1. The fourth-order valence-corrected chi connectivity index (χ4v) is 4.78. The van der Waals surface area contributed by atoms with Gasteiger partial charge in [-0.15, -0.1) is 0 Å². The molecule has 1 amide bonds. The van der Waals surface area contributed by atoms with E-state index in [1.165, 1.54) is 19.3 Å². The molecule has 1 aliphatic carbocycles. The fourth-order valence-electron chi connectivity index (χ4n) is 4.78. The van der Waals surface area contributed by atoms with Crippen LogP contribution in [0.5, 0.6) is 0 Å². The smallest absolute Gasteiger partial charge is 0.306 e. The maximum Gasteiger partial charge on any atom is 0.306 e. The molecule has 0 spiro atoms. The summed E-state index contributed by atoms with van der Waals surface area (Å²) in [5.41, 5.74) is 8.54. The van der Waals surface area contributed by atoms with Crippen LogP contribution in [0.4, 0.5) is 0 Å². The van der Waals surface area contributed by atoms with Gasteiger partial charge in [-0.3, -0.25) is 19.8 Å². The summed E-state index contributed by atoms with van der Waals surface area (Å²) in [4.78, 5) is 37.6. The van der Waals surface area contributed by atoms with Crippen LogP contribution in [-0.2, 0) is 14.3 Å². The Bertz CT molecular complexity index is 1060. The normalized spacial score (nSPS) is 20.5. The molecular weight excluding hydrogens is 430 g/mol. The van der Waals surface area contributed by atoms with E-state index in [9.17, 15) is 14.4 Å². The first kappa shape index (κ1) is 23.7. The number of benzene rings is 2. The highest BCUT2D eigenvalue weighted by Crippen LogP contribution is 2.26. The molecule has 1 heterocycles. The van der Waals surface area contributed by atoms with Crippen molar-refractivity contribution in [3.8, 4) is 11.1 Å². The van der Waals surface area contributed by atoms with Gasteiger partial charge in [-0.2, -0.15) is 0 Å². The summed E-state index contributed by atoms with van der Waals surface area (Å²) in [7, 11) is 0. The molecule has 0 unspecified atom stereocenters. The van der Waals surface area contributed by atoms with Gasteiger partial charge in [0.1, 0.15) is 5.84 Å². The van der Waals surface area contributed by atoms with E-state index in [0.717, 1.165) is 24.0 Å². The number of amides is 1. The molecular formula is C27H31N3O4. The molecule has 2 aliphatic rings. The van der Waals surface area contributed by atoms with E-state index in [1.807, 2.05) is 24.3 Å². The molecule has 2 aromatic rings. The summed E-state index contributed by atoms with van der Waals surface area (Å²) in [6.07, 6.45) is 6.11. The van der Waals surface area contributed by atoms with Crippen molar-refractivity contribution in [3.63, 3.8) is 0 Å². The lowest BCUT2D eigenvalue weighted by Crippen LogP contribution is -2.33. The van der Waals surface area contributed by atoms with E-state index in [4.69, 9.17) is 15.9 Å². The molecule has 0 bridgehead atoms. The lowest BCUT2D eigenvalue weighted by molar-refractivity contribution is -0.147. The Balaban J connectivity index is 1.31. The van der Waals surface area contributed by atoms with Crippen molar-refractivity contribution >= 4 is 23.5 Å². The predicted molar refractivity (Wildman–Crippen MR) is 129 cm³/mol. The van der Waals surface area contributed by atoms with Crippen molar-refractivity contribution in [1.82, 2.24) is 5.32 Å². The van der Waals surface area contributed by atoms with Crippen LogP contribution in [0.1, 0.15) is 60.9 Å². The Kier molecular flexibility index (Phi) is 7.40. The number of esters is 1. The van der Waals surface area contributed by atoms with Crippen LogP contribution < -0.4 is 11.1 Å². The Morgan fingerprint density at radius 3 is 2.12 bits per heavy atom. The van der Waals surface area contributed by atoms with Gasteiger partial charge in [0.15, 0.2) is 5.78 Å². The third-order valence-corrected chi connectivity index (χ3v) is 6.84. The van der Waals surface area contributed by atoms with Crippen LogP contribution in [0.3, 0.4) is 0 Å². The van der Waals surface area contributed by atoms with E-state index in [2.05, 4.69) is 5.32 Å². The number of rotatable bonds is 8. The Labute approximate surface area is 199 Å². The Hall–Kier alpha value is -3.48. The maximum absolute atomic E-state index is 13.0. The summed E-state index contributed by atoms with van der Waals surface area (Å²) >= 11 is 0. The average molecular weight is 462 g/mol. The summed E-state index contributed by atoms with van der Waals surface area (Å²) in [6.45, 7) is 0.430. The molecule has 2 aromatic carbocycles. The number of Topliss-reactive ketones (excluding diaryl/α,β-unsaturated/α-hetero) is 1. The number of carbonyl (C=O) groups excluding carboxylic acids is 3. The highest BCUT2D eigenvalue weighted by atomic mass is 16.5. The number of amidine groups is 1. The average Bonchev–Trinajstić information content (AvgIpc) is 3.23. The van der Waals surface area contributed by atoms with E-state index in [-0.39, 0.29) is 29.9 Å². The van der Waals surface area contributed by atoms with Crippen molar-refractivity contribution in [1.29, 1.82) is 5.41 Å². The lowest BCUT2D eigenvalue weighted by Gasteiger charge is -2.21. The quantitative estimate of drug-likeness (QED) is 0.239. The van der Waals surface area contributed by atoms with Crippen molar-refractivity contribution in [3.05, 3.63) is 59.7 Å². The second-order valence-corrected chi connectivity index (χ2v) is 9.32. The number of nitrogens with one attached hydrogen (secondary N) is 2. The van der Waals surface area contributed by atoms with Gasteiger partial charge in [0.2, 0.25) is 5.91 Å². The number of nitrogen functional groups attached to an aromatic ring is 1. The monoisotopic (exact) mass is 461 g/mol. The second-order valence-electron chi connectivity index (χ2n) is 9.32. The largest absolute Gasteiger partial charge is 0.465 e. The summed E-state index contributed by atoms with van der Waals surface area (Å²) in [5.74, 6) is -0.882. The summed E-state index contributed by atoms with van der Waals surface area (Å²) < 4.78 is 5.43. The molecule has 2 atom stereocenters. The fraction of sp³-hybridized carbons (Fsp3) is 0.407. The van der Waals surface area contributed by atoms with Gasteiger partial charge in [-0.05, 0) is 36.3 Å². The molecule has 1 aliphatic heterocycles. The number of hydrogen-bond acceptors (Lipinski definition) is 5. The second kappa shape index (κ2) is 10.6. The van der Waals surface area contributed by atoms with E-state index in [0.29, 0.717) is 30.1 Å². The highest BCUT2D eigenvalue weighted by molar-refractivity contribution is 6.04. The Morgan fingerprint density at radius 2 is 1.53 bits per heavy atom. The van der Waals surface area contributed by atoms with Gasteiger partial charge >= 0.3 is 5.97 Å². The lowest BCUT2D eigenvalue weighted by atomic mass is 9.90. The summed E-state index contributed by atoms with van der Waals surface area (Å²) in [6, 6.07) is 13.9. The van der Waals surface area contributed by atoms with Gasteiger partial charge in [0, 0.05) is 11.1 Å². The minimum absolute atomic E-state index is 0.0114. The van der Waals surface area contributed by atoms with Gasteiger partial charge in [0.25, 0.3) is 0 Å². The van der Waals surface area contributed by atoms with Crippen molar-refractivity contribution in [2.24, 2.45) is 17.6 Å². The third-order valence-electron chi connectivity index (χ3n) is 6.84. The number of hydrogen-bond donors (Lipinski definition) is 3. The van der Waals surface area contributed by atoms with Crippen molar-refractivity contribution in [2.75, 3.05) is 6.61 Å². The van der Waals surface area contributed by atoms with Crippen LogP contribution in [0, 0.1) is 17.2 Å². The standard InChI is InChI=1S/C27H31N3O4/c28-26(29)21-12-8-19(9-13-21)18-6-10-20(11-7-18)25(32)23-14-22(27(33)30-23)15-24(31)34-16-17-4-2-1-3-5-17/h6-13,17,22-23H,1-5,14-16H2,(H3,28,29)(H,30,33)/t22-,23-/m0/s1. The molecule has 1 saturated carbocycles. The molecule has 178 valence electrons. The minimum atomic E-state index is -0.635. The first-order valence-corrected chi connectivity index (χ1v) is 12.0. The molecule has 7 nitrogen and oxygen atoms in total. The Morgan fingerprint density at radius 1 is 0.941 bits per heavy atom. The van der Waals surface area contributed by atoms with Crippen LogP contribution in [0.2, 0.25) is 0 Å². The molecule has 4 N–H and O–H groups in total. The molecule has 1 saturated heterocycles. The molecule has 4 rings (SSSR count). The van der Waals surface area contributed by atoms with E-state index < -0.39 is 12.0 Å². The van der Waals surface area contributed by atoms with Crippen molar-refractivity contribution in [2.45, 2.75) is 51.0 Å². The zero-order valence-electron chi connectivity index (χ0n) is 19.2. The zero-order chi connectivity index (χ0) is 24.1. The molecule has 0 radical (unpaired) electrons. The number of ketones is 1. The van der Waals surface area contributed by atoms with Crippen molar-refractivity contribution < 1.29 is 19.1 Å². The first-order chi connectivity index (χ1) is 16.4. The molecule has 7 heteroatoms. The highest BCUT2D eigenvalue weighted by Gasteiger charge is 2.37. The summed E-state index contributed by atoms with van der Waals surface area (Å²) in [5, 5.41) is 10.2. The number of ether oxygens (including phenoxy) is 1.